The summed E-state index contributed by atoms with van der Waals surface area (Å²) in [4.78, 5) is 25.5. The molecule has 0 saturated heterocycles. The molecule has 0 N–H and O–H groups in total. The molecule has 0 spiro atoms. The summed E-state index contributed by atoms with van der Waals surface area (Å²) < 4.78 is 0. The van der Waals surface area contributed by atoms with E-state index in [4.69, 9.17) is 20.0 Å². The molecule has 0 bridgehead atoms. The summed E-state index contributed by atoms with van der Waals surface area (Å²) in [5, 5.41) is 2.48. The van der Waals surface area contributed by atoms with Gasteiger partial charge in [0.15, 0.2) is 11.7 Å². The van der Waals surface area contributed by atoms with Gasteiger partial charge in [-0.15, -0.1) is 0 Å². The van der Waals surface area contributed by atoms with E-state index in [0.29, 0.717) is 0 Å². The second-order valence-electron chi connectivity index (χ2n) is 19.6. The molecule has 3 aliphatic rings. The Kier molecular flexibility index (Phi) is 8.45. The summed E-state index contributed by atoms with van der Waals surface area (Å²) in [5.41, 5.74) is 12.4. The van der Waals surface area contributed by atoms with E-state index < -0.39 is 0 Å². The number of benzene rings is 5. The monoisotopic (exact) mass is 798 g/mol. The fraction of sp³-hybridized carbons (Fsp3) is 0.273. The largest absolute Gasteiger partial charge is 0.317 e. The summed E-state index contributed by atoms with van der Waals surface area (Å²) in [6.07, 6.45) is 4.05. The highest BCUT2D eigenvalue weighted by Crippen LogP contribution is 2.54. The summed E-state index contributed by atoms with van der Waals surface area (Å²) in [6, 6.07) is 48.0. The maximum absolute atomic E-state index is 5.29. The Bertz CT molecular complexity index is 2920. The highest BCUT2D eigenvalue weighted by Gasteiger charge is 2.51. The van der Waals surface area contributed by atoms with Gasteiger partial charge in [0, 0.05) is 40.3 Å². The lowest BCUT2D eigenvalue weighted by atomic mass is 9.80. The van der Waals surface area contributed by atoms with Gasteiger partial charge in [-0.2, -0.15) is 0 Å². The number of pyridine rings is 2. The maximum Gasteiger partial charge on any atom is 0.155 e. The van der Waals surface area contributed by atoms with Crippen LogP contribution >= 0.6 is 0 Å². The van der Waals surface area contributed by atoms with Gasteiger partial charge in [0.2, 0.25) is 0 Å². The van der Waals surface area contributed by atoms with E-state index in [-0.39, 0.29) is 27.6 Å². The number of anilines is 2. The molecule has 0 fully saturated rings. The van der Waals surface area contributed by atoms with E-state index in [1.807, 2.05) is 12.4 Å². The van der Waals surface area contributed by atoms with Crippen LogP contribution in [0.5, 0.6) is 0 Å². The van der Waals surface area contributed by atoms with Crippen LogP contribution in [-0.4, -0.2) is 43.8 Å². The van der Waals surface area contributed by atoms with Crippen molar-refractivity contribution < 1.29 is 0 Å². The first kappa shape index (κ1) is 38.8. The molecule has 10 rings (SSSR count). The first-order valence-electron chi connectivity index (χ1n) is 21.6. The summed E-state index contributed by atoms with van der Waals surface area (Å²) in [7, 11) is 0. The van der Waals surface area contributed by atoms with E-state index in [9.17, 15) is 0 Å². The molecule has 0 radical (unpaired) electrons. The molecule has 61 heavy (non-hydrogen) atoms. The molecule has 0 atom stereocenters. The van der Waals surface area contributed by atoms with Crippen LogP contribution in [0.1, 0.15) is 91.8 Å². The van der Waals surface area contributed by atoms with Crippen LogP contribution in [0.25, 0.3) is 44.2 Å². The van der Waals surface area contributed by atoms with Gasteiger partial charge in [0.1, 0.15) is 11.4 Å². The zero-order valence-corrected chi connectivity index (χ0v) is 37.0. The summed E-state index contributed by atoms with van der Waals surface area (Å²) in [5.74, 6) is 1.80. The Morgan fingerprint density at radius 1 is 0.410 bits per heavy atom. The van der Waals surface area contributed by atoms with Crippen LogP contribution in [0.3, 0.4) is 0 Å². The highest BCUT2D eigenvalue weighted by atomic mass is 15.4. The molecule has 2 aliphatic heterocycles. The van der Waals surface area contributed by atoms with E-state index in [2.05, 4.69) is 212 Å². The molecule has 0 unspecified atom stereocenters. The number of aromatic nitrogens is 2. The third kappa shape index (κ3) is 5.75. The van der Waals surface area contributed by atoms with E-state index in [1.165, 1.54) is 38.6 Å². The van der Waals surface area contributed by atoms with Crippen molar-refractivity contribution >= 4 is 33.8 Å². The first-order chi connectivity index (χ1) is 29.0. The molecular weight excluding hydrogens is 745 g/mol. The van der Waals surface area contributed by atoms with Crippen LogP contribution in [0.4, 0.5) is 11.4 Å². The Morgan fingerprint density at radius 3 is 1.39 bits per heavy atom. The number of hydrogen-bond donors (Lipinski definition) is 0. The van der Waals surface area contributed by atoms with E-state index >= 15 is 0 Å². The Labute approximate surface area is 360 Å². The van der Waals surface area contributed by atoms with Gasteiger partial charge in [0.05, 0.1) is 22.2 Å². The van der Waals surface area contributed by atoms with Crippen molar-refractivity contribution in [1.82, 2.24) is 9.97 Å². The second kappa shape index (κ2) is 13.3. The molecule has 4 heterocycles. The Hall–Kier alpha value is -6.40. The van der Waals surface area contributed by atoms with Gasteiger partial charge in [-0.25, -0.2) is 0 Å². The van der Waals surface area contributed by atoms with Gasteiger partial charge in [-0.3, -0.25) is 20.0 Å². The van der Waals surface area contributed by atoms with Crippen molar-refractivity contribution in [2.75, 3.05) is 9.80 Å². The lowest BCUT2D eigenvalue weighted by molar-refractivity contribution is 0.338. The lowest BCUT2D eigenvalue weighted by Gasteiger charge is -2.41. The average molecular weight is 799 g/mol. The van der Waals surface area contributed by atoms with Gasteiger partial charge in [0.25, 0.3) is 0 Å². The maximum atomic E-state index is 5.29. The normalized spacial score (nSPS) is 18.8. The van der Waals surface area contributed by atoms with E-state index in [0.717, 1.165) is 51.1 Å². The van der Waals surface area contributed by atoms with Crippen molar-refractivity contribution in [2.45, 2.75) is 96.8 Å². The van der Waals surface area contributed by atoms with Crippen molar-refractivity contribution in [1.29, 1.82) is 0 Å². The number of nitrogens with zero attached hydrogens (tertiary/aromatic N) is 6. The SMILES string of the molecule is CC1(C)c2cc(-c3ccc(C4=NC(C)(C)C(C)(C)N4c4ccccc4)nc3)ccc2-c2c1cc(-c1ccc(C3=NC(C)(C)C(C)(C)N3c3ccccc3)nc1)c1ccccc21. The van der Waals surface area contributed by atoms with Gasteiger partial charge in [-0.05, 0) is 148 Å². The molecule has 6 nitrogen and oxygen atoms in total. The van der Waals surface area contributed by atoms with Gasteiger partial charge < -0.3 is 9.80 Å². The fourth-order valence-electron chi connectivity index (χ4n) is 9.75. The van der Waals surface area contributed by atoms with Crippen LogP contribution in [0.15, 0.2) is 156 Å². The number of para-hydroxylation sites is 2. The lowest BCUT2D eigenvalue weighted by Crippen LogP contribution is -2.53. The molecule has 0 saturated carbocycles. The zero-order valence-electron chi connectivity index (χ0n) is 37.0. The minimum absolute atomic E-state index is 0.237. The van der Waals surface area contributed by atoms with Crippen molar-refractivity contribution in [3.8, 4) is 33.4 Å². The highest BCUT2D eigenvalue weighted by molar-refractivity contribution is 6.13. The smallest absolute Gasteiger partial charge is 0.155 e. The number of amidine groups is 2. The standard InChI is InChI=1S/C55H54N6/c1-51(2)44-31-35(36-26-29-46(56-33-36)49-58-52(3,4)54(7,8)60(49)38-19-13-11-14-20-38)25-28-42(44)48-41-24-18-17-23-40(41)43(32-45(48)51)37-27-30-47(57-34-37)50-59-53(5,6)55(9,10)61(50)39-21-15-12-16-22-39/h11-34H,1-10H3. The van der Waals surface area contributed by atoms with Crippen LogP contribution < -0.4 is 9.80 Å². The molecular formula is C55H54N6. The van der Waals surface area contributed by atoms with Crippen LogP contribution in [-0.2, 0) is 5.41 Å². The average Bonchev–Trinajstić information content (AvgIpc) is 3.69. The summed E-state index contributed by atoms with van der Waals surface area (Å²) >= 11 is 0. The van der Waals surface area contributed by atoms with E-state index in [1.54, 1.807) is 0 Å². The van der Waals surface area contributed by atoms with Crippen LogP contribution in [0.2, 0.25) is 0 Å². The topological polar surface area (TPSA) is 57.0 Å². The van der Waals surface area contributed by atoms with Crippen molar-refractivity contribution in [3.63, 3.8) is 0 Å². The number of aliphatic imine (C=N–C) groups is 2. The van der Waals surface area contributed by atoms with Gasteiger partial charge in [-0.1, -0.05) is 98.8 Å². The molecule has 2 aromatic heterocycles. The number of hydrogen-bond acceptors (Lipinski definition) is 6. The third-order valence-corrected chi connectivity index (χ3v) is 14.6. The van der Waals surface area contributed by atoms with Gasteiger partial charge >= 0.3 is 0 Å². The Morgan fingerprint density at radius 2 is 0.885 bits per heavy atom. The minimum Gasteiger partial charge on any atom is -0.317 e. The predicted molar refractivity (Wildman–Crippen MR) is 255 cm³/mol. The predicted octanol–water partition coefficient (Wildman–Crippen LogP) is 12.9. The molecule has 0 amide bonds. The molecule has 7 aromatic rings. The molecule has 1 aliphatic carbocycles. The zero-order chi connectivity index (χ0) is 42.7. The number of fused-ring (bicyclic) bond motifs is 5. The first-order valence-corrected chi connectivity index (χ1v) is 21.6. The van der Waals surface area contributed by atoms with Crippen molar-refractivity contribution in [3.05, 3.63) is 168 Å². The minimum atomic E-state index is -0.306. The molecule has 5 aromatic carbocycles. The third-order valence-electron chi connectivity index (χ3n) is 14.6. The summed E-state index contributed by atoms with van der Waals surface area (Å²) in [6.45, 7) is 22.6. The fourth-order valence-corrected chi connectivity index (χ4v) is 9.75. The molecule has 6 heteroatoms. The molecule has 304 valence electrons. The quantitative estimate of drug-likeness (QED) is 0.168. The van der Waals surface area contributed by atoms with Crippen LogP contribution in [0, 0.1) is 0 Å². The Balaban J connectivity index is 0.999. The second-order valence-corrected chi connectivity index (χ2v) is 19.6. The van der Waals surface area contributed by atoms with Crippen molar-refractivity contribution in [2.24, 2.45) is 9.98 Å². The number of rotatable bonds is 6.